The Balaban J connectivity index is 1.78. The van der Waals surface area contributed by atoms with E-state index in [1.165, 1.54) is 25.7 Å². The molecule has 0 heterocycles. The second kappa shape index (κ2) is 5.33. The molecule has 0 aromatic rings. The highest BCUT2D eigenvalue weighted by Crippen LogP contribution is 2.62. The van der Waals surface area contributed by atoms with Crippen molar-refractivity contribution in [2.45, 2.75) is 79.6 Å². The third-order valence-corrected chi connectivity index (χ3v) is 8.18. The van der Waals surface area contributed by atoms with Gasteiger partial charge in [-0.3, -0.25) is 0 Å². The van der Waals surface area contributed by atoms with Crippen molar-refractivity contribution in [2.24, 2.45) is 46.8 Å². The van der Waals surface area contributed by atoms with Crippen LogP contribution in [0, 0.1) is 46.8 Å². The van der Waals surface area contributed by atoms with Gasteiger partial charge in [-0.2, -0.15) is 0 Å². The molecule has 3 aliphatic rings. The van der Waals surface area contributed by atoms with E-state index in [1.54, 1.807) is 19.3 Å². The second-order valence-corrected chi connectivity index (χ2v) is 9.25. The van der Waals surface area contributed by atoms with Crippen LogP contribution in [0.3, 0.4) is 0 Å². The zero-order valence-electron chi connectivity index (χ0n) is 14.5. The molecular formula is C20H36. The second-order valence-electron chi connectivity index (χ2n) is 9.25. The van der Waals surface area contributed by atoms with Crippen LogP contribution in [0.5, 0.6) is 0 Å². The number of hydrogen-bond acceptors (Lipinski definition) is 0. The van der Waals surface area contributed by atoms with Gasteiger partial charge in [0, 0.05) is 0 Å². The first-order chi connectivity index (χ1) is 9.43. The fourth-order valence-corrected chi connectivity index (χ4v) is 6.52. The van der Waals surface area contributed by atoms with E-state index in [9.17, 15) is 0 Å². The molecule has 7 atom stereocenters. The minimum Gasteiger partial charge on any atom is -0.0625 e. The maximum absolute atomic E-state index is 2.69. The molecule has 3 unspecified atom stereocenters. The van der Waals surface area contributed by atoms with Crippen LogP contribution in [0.25, 0.3) is 0 Å². The Kier molecular flexibility index (Phi) is 3.97. The molecule has 0 heteroatoms. The van der Waals surface area contributed by atoms with Gasteiger partial charge >= 0.3 is 0 Å². The highest BCUT2D eigenvalue weighted by molar-refractivity contribution is 5.02. The highest BCUT2D eigenvalue weighted by Gasteiger charge is 2.53. The molecule has 3 aliphatic carbocycles. The Labute approximate surface area is 127 Å². The Bertz CT molecular complexity index is 344. The van der Waals surface area contributed by atoms with Crippen LogP contribution in [0.4, 0.5) is 0 Å². The lowest BCUT2D eigenvalue weighted by atomic mass is 9.46. The van der Waals surface area contributed by atoms with Crippen LogP contribution >= 0.6 is 0 Å². The summed E-state index contributed by atoms with van der Waals surface area (Å²) in [6, 6.07) is 0. The van der Waals surface area contributed by atoms with Crippen molar-refractivity contribution in [3.05, 3.63) is 0 Å². The van der Waals surface area contributed by atoms with Gasteiger partial charge < -0.3 is 0 Å². The molecule has 0 saturated heterocycles. The summed E-state index contributed by atoms with van der Waals surface area (Å²) in [7, 11) is 0. The quantitative estimate of drug-likeness (QED) is 0.538. The Morgan fingerprint density at radius 3 is 2.30 bits per heavy atom. The summed E-state index contributed by atoms with van der Waals surface area (Å²) in [5.74, 6) is 7.03. The van der Waals surface area contributed by atoms with E-state index in [4.69, 9.17) is 0 Å². The summed E-state index contributed by atoms with van der Waals surface area (Å²) >= 11 is 0. The molecule has 3 fully saturated rings. The van der Waals surface area contributed by atoms with Crippen molar-refractivity contribution in [3.63, 3.8) is 0 Å². The van der Waals surface area contributed by atoms with E-state index in [0.717, 1.165) is 41.4 Å². The number of fused-ring (bicyclic) bond motifs is 3. The van der Waals surface area contributed by atoms with Crippen LogP contribution in [-0.4, -0.2) is 0 Å². The van der Waals surface area contributed by atoms with Crippen LogP contribution in [-0.2, 0) is 0 Å². The molecule has 3 rings (SSSR count). The molecule has 3 saturated carbocycles. The van der Waals surface area contributed by atoms with Crippen LogP contribution < -0.4 is 0 Å². The van der Waals surface area contributed by atoms with Gasteiger partial charge in [0.2, 0.25) is 0 Å². The van der Waals surface area contributed by atoms with E-state index in [0.29, 0.717) is 5.41 Å². The highest BCUT2D eigenvalue weighted by atomic mass is 14.6. The molecule has 0 bridgehead atoms. The molecule has 20 heavy (non-hydrogen) atoms. The third-order valence-electron chi connectivity index (χ3n) is 8.18. The molecule has 116 valence electrons. The van der Waals surface area contributed by atoms with E-state index < -0.39 is 0 Å². The van der Waals surface area contributed by atoms with E-state index >= 15 is 0 Å². The molecule has 0 amide bonds. The van der Waals surface area contributed by atoms with Gasteiger partial charge in [-0.25, -0.2) is 0 Å². The van der Waals surface area contributed by atoms with Gasteiger partial charge in [0.1, 0.15) is 0 Å². The zero-order chi connectivity index (χ0) is 14.5. The Morgan fingerprint density at radius 2 is 1.60 bits per heavy atom. The van der Waals surface area contributed by atoms with Crippen LogP contribution in [0.15, 0.2) is 0 Å². The average molecular weight is 277 g/mol. The van der Waals surface area contributed by atoms with E-state index in [1.807, 2.05) is 0 Å². The zero-order valence-corrected chi connectivity index (χ0v) is 14.5. The van der Waals surface area contributed by atoms with Crippen molar-refractivity contribution < 1.29 is 0 Å². The maximum atomic E-state index is 2.69. The van der Waals surface area contributed by atoms with Crippen LogP contribution in [0.2, 0.25) is 0 Å². The Morgan fingerprint density at radius 1 is 0.900 bits per heavy atom. The molecular weight excluding hydrogens is 240 g/mol. The topological polar surface area (TPSA) is 0 Å². The summed E-state index contributed by atoms with van der Waals surface area (Å²) < 4.78 is 0. The summed E-state index contributed by atoms with van der Waals surface area (Å²) in [6.07, 6.45) is 10.7. The fraction of sp³-hybridized carbons (Fsp3) is 1.00. The molecule has 0 aromatic heterocycles. The van der Waals surface area contributed by atoms with Gasteiger partial charge in [-0.15, -0.1) is 0 Å². The van der Waals surface area contributed by atoms with Gasteiger partial charge in [0.15, 0.2) is 0 Å². The number of hydrogen-bond donors (Lipinski definition) is 0. The normalized spacial score (nSPS) is 52.5. The lowest BCUT2D eigenvalue weighted by Crippen LogP contribution is -2.51. The van der Waals surface area contributed by atoms with Crippen molar-refractivity contribution in [1.29, 1.82) is 0 Å². The SMILES string of the molecule is CC(C)C1CC[C@H]2C(CC[C@H]3[C@@H](C)C(C)CC[C@]23C)C1. The predicted octanol–water partition coefficient (Wildman–Crippen LogP) is 6.16. The smallest absolute Gasteiger partial charge is 0.0264 e. The van der Waals surface area contributed by atoms with Gasteiger partial charge in [-0.05, 0) is 91.8 Å². The summed E-state index contributed by atoms with van der Waals surface area (Å²) in [5, 5.41) is 0. The minimum atomic E-state index is 0.691. The number of rotatable bonds is 1. The molecule has 0 spiro atoms. The van der Waals surface area contributed by atoms with Crippen molar-refractivity contribution >= 4 is 0 Å². The lowest BCUT2D eigenvalue weighted by Gasteiger charge is -2.59. The van der Waals surface area contributed by atoms with Crippen molar-refractivity contribution in [3.8, 4) is 0 Å². The van der Waals surface area contributed by atoms with Crippen molar-refractivity contribution in [1.82, 2.24) is 0 Å². The first-order valence-electron chi connectivity index (χ1n) is 9.43. The molecule has 0 nitrogen and oxygen atoms in total. The fourth-order valence-electron chi connectivity index (χ4n) is 6.52. The summed E-state index contributed by atoms with van der Waals surface area (Å²) in [6.45, 7) is 12.6. The Hall–Kier alpha value is 0. The minimum absolute atomic E-state index is 0.691. The summed E-state index contributed by atoms with van der Waals surface area (Å²) in [4.78, 5) is 0. The molecule has 0 aromatic carbocycles. The largest absolute Gasteiger partial charge is 0.0625 e. The van der Waals surface area contributed by atoms with E-state index in [2.05, 4.69) is 34.6 Å². The third kappa shape index (κ3) is 2.26. The van der Waals surface area contributed by atoms with Crippen molar-refractivity contribution in [2.75, 3.05) is 0 Å². The first kappa shape index (κ1) is 14.9. The first-order valence-corrected chi connectivity index (χ1v) is 9.43. The molecule has 0 N–H and O–H groups in total. The predicted molar refractivity (Wildman–Crippen MR) is 87.6 cm³/mol. The van der Waals surface area contributed by atoms with Gasteiger partial charge in [0.25, 0.3) is 0 Å². The molecule has 0 aliphatic heterocycles. The molecule has 0 radical (unpaired) electrons. The van der Waals surface area contributed by atoms with E-state index in [-0.39, 0.29) is 0 Å². The lowest BCUT2D eigenvalue weighted by molar-refractivity contribution is -0.101. The monoisotopic (exact) mass is 276 g/mol. The summed E-state index contributed by atoms with van der Waals surface area (Å²) in [5.41, 5.74) is 0.691. The average Bonchev–Trinajstić information content (AvgIpc) is 2.43. The van der Waals surface area contributed by atoms with Gasteiger partial charge in [0.05, 0.1) is 0 Å². The van der Waals surface area contributed by atoms with Crippen LogP contribution in [0.1, 0.15) is 79.6 Å². The standard InChI is InChI=1S/C20H36/c1-13(2)16-6-9-19-17(12-16)7-8-18-15(4)14(3)10-11-20(18,19)5/h13-19H,6-12H2,1-5H3/t14?,15-,16?,17?,18-,19-,20-/m0/s1. The van der Waals surface area contributed by atoms with Gasteiger partial charge in [-0.1, -0.05) is 34.6 Å². The maximum Gasteiger partial charge on any atom is -0.0264 e.